The number of nitrogens with one attached hydrogen (secondary N) is 1. The van der Waals surface area contributed by atoms with Gasteiger partial charge in [0.2, 0.25) is 0 Å². The summed E-state index contributed by atoms with van der Waals surface area (Å²) in [6, 6.07) is 11.6. The van der Waals surface area contributed by atoms with Crippen LogP contribution in [0.5, 0.6) is 0 Å². The van der Waals surface area contributed by atoms with Gasteiger partial charge in [0.1, 0.15) is 0 Å². The van der Waals surface area contributed by atoms with Crippen LogP contribution in [0, 0.1) is 12.3 Å². The Hall–Kier alpha value is -2.15. The minimum absolute atomic E-state index is 0.137. The molecule has 1 aliphatic carbocycles. The summed E-state index contributed by atoms with van der Waals surface area (Å²) >= 11 is 3.57. The Kier molecular flexibility index (Phi) is 5.88. The van der Waals surface area contributed by atoms with Gasteiger partial charge in [0.15, 0.2) is 0 Å². The Morgan fingerprint density at radius 3 is 2.24 bits per heavy atom. The zero-order valence-electron chi connectivity index (χ0n) is 19.0. The standard InChI is InChI=1S/C26H30BrF2N3O/c1-18-14-20(17-21(15-18)31-12-8-26(28,29)9-13-31)30-24(33)22-3-2-19(27)16-23(22)32-10-6-25(4-5-25)7-11-32/h2-3,14-17H,4-13H2,1H3,(H,30,33). The van der Waals surface area contributed by atoms with Gasteiger partial charge in [-0.15, -0.1) is 0 Å². The normalized spacial score (nSPS) is 21.2. The number of nitrogens with zero attached hydrogens (tertiary/aromatic N) is 2. The number of carbonyl (C=O) groups excluding carboxylic acids is 1. The summed E-state index contributed by atoms with van der Waals surface area (Å²) in [5, 5.41) is 3.07. The molecule has 2 aromatic carbocycles. The number of rotatable bonds is 4. The third kappa shape index (κ3) is 5.03. The summed E-state index contributed by atoms with van der Waals surface area (Å²) in [6.45, 7) is 4.55. The van der Waals surface area contributed by atoms with E-state index in [1.54, 1.807) is 0 Å². The quantitative estimate of drug-likeness (QED) is 0.494. The van der Waals surface area contributed by atoms with E-state index in [-0.39, 0.29) is 18.7 Å². The van der Waals surface area contributed by atoms with Crippen molar-refractivity contribution in [3.63, 3.8) is 0 Å². The highest BCUT2D eigenvalue weighted by molar-refractivity contribution is 9.10. The van der Waals surface area contributed by atoms with Crippen molar-refractivity contribution in [2.45, 2.75) is 51.4 Å². The first-order chi connectivity index (χ1) is 15.7. The highest BCUT2D eigenvalue weighted by atomic mass is 79.9. The second-order valence-corrected chi connectivity index (χ2v) is 10.9. The Labute approximate surface area is 202 Å². The van der Waals surface area contributed by atoms with E-state index in [1.807, 2.05) is 48.2 Å². The van der Waals surface area contributed by atoms with Gasteiger partial charge in [-0.05, 0) is 80.0 Å². The Morgan fingerprint density at radius 1 is 0.909 bits per heavy atom. The van der Waals surface area contributed by atoms with Crippen molar-refractivity contribution in [3.05, 3.63) is 52.0 Å². The van der Waals surface area contributed by atoms with Crippen molar-refractivity contribution in [3.8, 4) is 0 Å². The van der Waals surface area contributed by atoms with Crippen molar-refractivity contribution in [2.75, 3.05) is 41.3 Å². The van der Waals surface area contributed by atoms with Crippen LogP contribution in [0.15, 0.2) is 40.9 Å². The van der Waals surface area contributed by atoms with Crippen LogP contribution in [0.4, 0.5) is 25.8 Å². The highest BCUT2D eigenvalue weighted by Gasteiger charge is 2.44. The summed E-state index contributed by atoms with van der Waals surface area (Å²) < 4.78 is 28.1. The van der Waals surface area contributed by atoms with Crippen molar-refractivity contribution >= 4 is 38.9 Å². The first kappa shape index (κ1) is 22.6. The highest BCUT2D eigenvalue weighted by Crippen LogP contribution is 2.54. The Bertz CT molecular complexity index is 1050. The molecule has 1 amide bonds. The molecular weight excluding hydrogens is 488 g/mol. The number of hydrogen-bond donors (Lipinski definition) is 1. The van der Waals surface area contributed by atoms with Crippen LogP contribution in [0.25, 0.3) is 0 Å². The number of piperidine rings is 2. The molecular formula is C26H30BrF2N3O. The number of benzene rings is 2. The fourth-order valence-electron chi connectivity index (χ4n) is 5.17. The van der Waals surface area contributed by atoms with Crippen LogP contribution in [-0.2, 0) is 0 Å². The lowest BCUT2D eigenvalue weighted by Gasteiger charge is -2.35. The average molecular weight is 518 g/mol. The first-order valence-corrected chi connectivity index (χ1v) is 12.6. The van der Waals surface area contributed by atoms with Gasteiger partial charge < -0.3 is 15.1 Å². The number of amides is 1. The van der Waals surface area contributed by atoms with Crippen LogP contribution in [0.3, 0.4) is 0 Å². The molecule has 0 bridgehead atoms. The molecule has 1 saturated carbocycles. The molecule has 5 rings (SSSR count). The Balaban J connectivity index is 1.34. The molecule has 0 unspecified atom stereocenters. The largest absolute Gasteiger partial charge is 0.371 e. The number of carbonyl (C=O) groups is 1. The fourth-order valence-corrected chi connectivity index (χ4v) is 5.51. The van der Waals surface area contributed by atoms with E-state index >= 15 is 0 Å². The van der Waals surface area contributed by atoms with Gasteiger partial charge in [-0.25, -0.2) is 8.78 Å². The third-order valence-corrected chi connectivity index (χ3v) is 8.00. The van der Waals surface area contributed by atoms with Crippen molar-refractivity contribution in [1.82, 2.24) is 0 Å². The van der Waals surface area contributed by atoms with E-state index in [1.165, 1.54) is 25.7 Å². The average Bonchev–Trinajstić information content (AvgIpc) is 3.52. The molecule has 7 heteroatoms. The van der Waals surface area contributed by atoms with E-state index in [2.05, 4.69) is 26.1 Å². The first-order valence-electron chi connectivity index (χ1n) is 11.8. The molecule has 2 aliphatic heterocycles. The minimum atomic E-state index is -2.58. The van der Waals surface area contributed by atoms with Gasteiger partial charge in [-0.1, -0.05) is 15.9 Å². The second-order valence-electron chi connectivity index (χ2n) is 10.0. The predicted molar refractivity (Wildman–Crippen MR) is 133 cm³/mol. The molecule has 3 fully saturated rings. The van der Waals surface area contributed by atoms with Crippen molar-refractivity contribution in [1.29, 1.82) is 0 Å². The molecule has 0 atom stereocenters. The molecule has 1 spiro atoms. The van der Waals surface area contributed by atoms with Crippen LogP contribution < -0.4 is 15.1 Å². The minimum Gasteiger partial charge on any atom is -0.371 e. The molecule has 176 valence electrons. The molecule has 33 heavy (non-hydrogen) atoms. The summed E-state index contributed by atoms with van der Waals surface area (Å²) in [7, 11) is 0. The lowest BCUT2D eigenvalue weighted by molar-refractivity contribution is -0.0220. The van der Waals surface area contributed by atoms with Crippen LogP contribution in [0.2, 0.25) is 0 Å². The van der Waals surface area contributed by atoms with Gasteiger partial charge >= 0.3 is 0 Å². The van der Waals surface area contributed by atoms with Gasteiger partial charge in [0, 0.05) is 54.9 Å². The number of alkyl halides is 2. The zero-order valence-corrected chi connectivity index (χ0v) is 20.6. The van der Waals surface area contributed by atoms with E-state index in [0.717, 1.165) is 34.5 Å². The van der Waals surface area contributed by atoms with Crippen molar-refractivity contribution in [2.24, 2.45) is 5.41 Å². The number of hydrogen-bond acceptors (Lipinski definition) is 3. The lowest BCUT2D eigenvalue weighted by atomic mass is 9.93. The third-order valence-electron chi connectivity index (χ3n) is 7.51. The van der Waals surface area contributed by atoms with Gasteiger partial charge in [-0.3, -0.25) is 4.79 Å². The van der Waals surface area contributed by atoms with Gasteiger partial charge in [-0.2, -0.15) is 0 Å². The number of aryl methyl sites for hydroxylation is 1. The van der Waals surface area contributed by atoms with Crippen LogP contribution in [-0.4, -0.2) is 38.0 Å². The summed E-state index contributed by atoms with van der Waals surface area (Å²) in [5.41, 5.74) is 4.75. The summed E-state index contributed by atoms with van der Waals surface area (Å²) in [6.07, 6.45) is 4.80. The van der Waals surface area contributed by atoms with Crippen LogP contribution >= 0.6 is 15.9 Å². The monoisotopic (exact) mass is 517 g/mol. The van der Waals surface area contributed by atoms with E-state index < -0.39 is 5.92 Å². The smallest absolute Gasteiger partial charge is 0.257 e. The SMILES string of the molecule is Cc1cc(NC(=O)c2ccc(Br)cc2N2CCC3(CC2)CC3)cc(N2CCC(F)(F)CC2)c1. The van der Waals surface area contributed by atoms with E-state index in [0.29, 0.717) is 29.8 Å². The molecule has 2 aromatic rings. The fraction of sp³-hybridized carbons (Fsp3) is 0.500. The molecule has 1 N–H and O–H groups in total. The number of anilines is 3. The van der Waals surface area contributed by atoms with Gasteiger partial charge in [0.05, 0.1) is 11.3 Å². The maximum absolute atomic E-state index is 13.6. The van der Waals surface area contributed by atoms with E-state index in [4.69, 9.17) is 0 Å². The zero-order chi connectivity index (χ0) is 23.2. The van der Waals surface area contributed by atoms with Crippen molar-refractivity contribution < 1.29 is 13.6 Å². The molecule has 4 nitrogen and oxygen atoms in total. The maximum atomic E-state index is 13.6. The molecule has 2 heterocycles. The lowest BCUT2D eigenvalue weighted by Crippen LogP contribution is -2.39. The summed E-state index contributed by atoms with van der Waals surface area (Å²) in [5.74, 6) is -2.73. The Morgan fingerprint density at radius 2 is 1.58 bits per heavy atom. The topological polar surface area (TPSA) is 35.6 Å². The number of halogens is 3. The van der Waals surface area contributed by atoms with Crippen LogP contribution in [0.1, 0.15) is 54.4 Å². The summed E-state index contributed by atoms with van der Waals surface area (Å²) in [4.78, 5) is 17.7. The van der Waals surface area contributed by atoms with Gasteiger partial charge in [0.25, 0.3) is 11.8 Å². The van der Waals surface area contributed by atoms with E-state index in [9.17, 15) is 13.6 Å². The predicted octanol–water partition coefficient (Wildman–Crippen LogP) is 6.63. The molecule has 0 aromatic heterocycles. The molecule has 0 radical (unpaired) electrons. The molecule has 2 saturated heterocycles. The molecule has 3 aliphatic rings. The second kappa shape index (κ2) is 8.57. The maximum Gasteiger partial charge on any atom is 0.257 e.